The Labute approximate surface area is 206 Å². The van der Waals surface area contributed by atoms with E-state index in [1.165, 1.54) is 0 Å². The Morgan fingerprint density at radius 2 is 1.84 bits per heavy atom. The van der Waals surface area contributed by atoms with Gasteiger partial charge in [-0.3, -0.25) is 4.79 Å². The number of carbonyl (C=O) groups excluding carboxylic acids is 1. The quantitative estimate of drug-likeness (QED) is 0.241. The van der Waals surface area contributed by atoms with Crippen LogP contribution in [0.15, 0.2) is 41.4 Å². The second kappa shape index (κ2) is 14.0. The van der Waals surface area contributed by atoms with Gasteiger partial charge >= 0.3 is 0 Å². The van der Waals surface area contributed by atoms with E-state index >= 15 is 0 Å². The van der Waals surface area contributed by atoms with E-state index in [9.17, 15) is 4.79 Å². The fourth-order valence-electron chi connectivity index (χ4n) is 2.74. The first kappa shape index (κ1) is 26.8. The molecule has 0 bridgehead atoms. The van der Waals surface area contributed by atoms with Crippen LogP contribution in [0.4, 0.5) is 5.69 Å². The molecule has 9 heteroatoms. The van der Waals surface area contributed by atoms with Crippen molar-refractivity contribution in [3.05, 3.63) is 52.5 Å². The average Bonchev–Trinajstić information content (AvgIpc) is 2.75. The molecule has 0 unspecified atom stereocenters. The number of amides is 1. The number of anilines is 1. The van der Waals surface area contributed by atoms with Gasteiger partial charge in [-0.25, -0.2) is 4.99 Å². The Hall–Kier alpha value is -2.20. The lowest BCUT2D eigenvalue weighted by atomic mass is 10.2. The third kappa shape index (κ3) is 8.45. The maximum Gasteiger partial charge on any atom is 0.226 e. The number of benzene rings is 2. The minimum atomic E-state index is -0.0939. The predicted octanol–water partition coefficient (Wildman–Crippen LogP) is 4.37. The third-order valence-electron chi connectivity index (χ3n) is 4.40. The van der Waals surface area contributed by atoms with Gasteiger partial charge in [-0.1, -0.05) is 23.7 Å². The van der Waals surface area contributed by atoms with Gasteiger partial charge in [0.1, 0.15) is 0 Å². The summed E-state index contributed by atoms with van der Waals surface area (Å²) in [4.78, 5) is 16.8. The highest BCUT2D eigenvalue weighted by atomic mass is 127. The van der Waals surface area contributed by atoms with Crippen LogP contribution in [0.25, 0.3) is 0 Å². The Kier molecular flexibility index (Phi) is 12.1. The molecule has 0 heterocycles. The van der Waals surface area contributed by atoms with Crippen LogP contribution in [0.2, 0.25) is 5.02 Å². The van der Waals surface area contributed by atoms with E-state index in [2.05, 4.69) is 20.9 Å². The molecule has 7 nitrogen and oxygen atoms in total. The molecule has 3 N–H and O–H groups in total. The number of ether oxygens (including phenoxy) is 2. The topological polar surface area (TPSA) is 84.0 Å². The molecule has 0 saturated heterocycles. The van der Waals surface area contributed by atoms with Crippen LogP contribution >= 0.6 is 35.6 Å². The number of hydrogen-bond donors (Lipinski definition) is 3. The van der Waals surface area contributed by atoms with Crippen LogP contribution in [0.5, 0.6) is 11.5 Å². The molecule has 31 heavy (non-hydrogen) atoms. The van der Waals surface area contributed by atoms with E-state index in [-0.39, 0.29) is 29.9 Å². The number of nitrogens with one attached hydrogen (secondary N) is 3. The third-order valence-corrected chi connectivity index (χ3v) is 4.81. The lowest BCUT2D eigenvalue weighted by Gasteiger charge is -2.13. The van der Waals surface area contributed by atoms with Gasteiger partial charge in [0.05, 0.1) is 20.8 Å². The first-order valence-electron chi connectivity index (χ1n) is 9.76. The van der Waals surface area contributed by atoms with Gasteiger partial charge < -0.3 is 25.4 Å². The molecule has 0 aromatic heterocycles. The largest absolute Gasteiger partial charge is 0.493 e. The van der Waals surface area contributed by atoms with Crippen molar-refractivity contribution < 1.29 is 14.3 Å². The Morgan fingerprint density at radius 3 is 2.52 bits per heavy atom. The maximum atomic E-state index is 12.2. The zero-order valence-electron chi connectivity index (χ0n) is 18.3. The molecule has 0 radical (unpaired) electrons. The molecule has 0 fully saturated rings. The number of halogens is 2. The monoisotopic (exact) mass is 560 g/mol. The van der Waals surface area contributed by atoms with E-state index < -0.39 is 0 Å². The molecule has 0 spiro atoms. The van der Waals surface area contributed by atoms with E-state index in [0.29, 0.717) is 48.5 Å². The molecular formula is C22H30ClIN4O3. The molecule has 0 aliphatic heterocycles. The van der Waals surface area contributed by atoms with Crippen LogP contribution < -0.4 is 25.4 Å². The molecular weight excluding hydrogens is 531 g/mol. The first-order chi connectivity index (χ1) is 14.5. The van der Waals surface area contributed by atoms with Gasteiger partial charge in [0.25, 0.3) is 0 Å². The SMILES string of the molecule is CCNC(=NCc1ccc(OC)c(OC)c1)NCCC(=O)Nc1cccc(Cl)c1C.I. The zero-order valence-corrected chi connectivity index (χ0v) is 21.3. The van der Waals surface area contributed by atoms with E-state index in [1.807, 2.05) is 44.2 Å². The van der Waals surface area contributed by atoms with Gasteiger partial charge in [-0.05, 0) is 49.2 Å². The highest BCUT2D eigenvalue weighted by Gasteiger charge is 2.08. The van der Waals surface area contributed by atoms with Crippen molar-refractivity contribution >= 4 is 53.1 Å². The van der Waals surface area contributed by atoms with Gasteiger partial charge in [0, 0.05) is 30.2 Å². The summed E-state index contributed by atoms with van der Waals surface area (Å²) in [5.74, 6) is 1.88. The summed E-state index contributed by atoms with van der Waals surface area (Å²) >= 11 is 6.10. The molecule has 2 aromatic carbocycles. The Bertz CT molecular complexity index is 893. The smallest absolute Gasteiger partial charge is 0.226 e. The van der Waals surface area contributed by atoms with Crippen LogP contribution in [0.1, 0.15) is 24.5 Å². The summed E-state index contributed by atoms with van der Waals surface area (Å²) in [5.41, 5.74) is 2.56. The second-order valence-corrected chi connectivity index (χ2v) is 6.93. The lowest BCUT2D eigenvalue weighted by Crippen LogP contribution is -2.38. The summed E-state index contributed by atoms with van der Waals surface area (Å²) in [6.07, 6.45) is 0.298. The standard InChI is InChI=1S/C22H29ClN4O3.HI/c1-5-24-22(26-14-16-9-10-19(29-3)20(13-16)30-4)25-12-11-21(28)27-18-8-6-7-17(23)15(18)2;/h6-10,13H,5,11-12,14H2,1-4H3,(H,27,28)(H2,24,25,26);1H. The van der Waals surface area contributed by atoms with Crippen LogP contribution in [-0.4, -0.2) is 39.2 Å². The molecule has 0 aliphatic carbocycles. The second-order valence-electron chi connectivity index (χ2n) is 6.52. The van der Waals surface area contributed by atoms with Crippen molar-refractivity contribution in [1.29, 1.82) is 0 Å². The van der Waals surface area contributed by atoms with E-state index in [0.717, 1.165) is 16.8 Å². The number of methoxy groups -OCH3 is 2. The number of aliphatic imine (C=N–C) groups is 1. The number of rotatable bonds is 9. The average molecular weight is 561 g/mol. The number of carbonyl (C=O) groups is 1. The lowest BCUT2D eigenvalue weighted by molar-refractivity contribution is -0.116. The molecule has 1 amide bonds. The molecule has 0 saturated carbocycles. The minimum absolute atomic E-state index is 0. The van der Waals surface area contributed by atoms with E-state index in [1.54, 1.807) is 20.3 Å². The number of nitrogens with zero attached hydrogens (tertiary/aromatic N) is 1. The first-order valence-corrected chi connectivity index (χ1v) is 10.1. The summed E-state index contributed by atoms with van der Waals surface area (Å²) in [6.45, 7) is 5.49. The van der Waals surface area contributed by atoms with Crippen molar-refractivity contribution in [2.75, 3.05) is 32.6 Å². The fraction of sp³-hybridized carbons (Fsp3) is 0.364. The molecule has 170 valence electrons. The Morgan fingerprint density at radius 1 is 1.10 bits per heavy atom. The van der Waals surface area contributed by atoms with Crippen LogP contribution in [0.3, 0.4) is 0 Å². The number of guanidine groups is 1. The summed E-state index contributed by atoms with van der Waals surface area (Å²) < 4.78 is 10.6. The van der Waals surface area contributed by atoms with Crippen molar-refractivity contribution in [3.8, 4) is 11.5 Å². The zero-order chi connectivity index (χ0) is 21.9. The normalized spacial score (nSPS) is 10.7. The maximum absolute atomic E-state index is 12.2. The predicted molar refractivity (Wildman–Crippen MR) is 137 cm³/mol. The van der Waals surface area contributed by atoms with Crippen LogP contribution in [-0.2, 0) is 11.3 Å². The molecule has 0 aliphatic rings. The van der Waals surface area contributed by atoms with Gasteiger partial charge in [0.15, 0.2) is 17.5 Å². The van der Waals surface area contributed by atoms with Crippen LogP contribution in [0, 0.1) is 6.92 Å². The molecule has 2 aromatic rings. The van der Waals surface area contributed by atoms with Crippen molar-refractivity contribution in [1.82, 2.24) is 10.6 Å². The van der Waals surface area contributed by atoms with Gasteiger partial charge in [-0.15, -0.1) is 24.0 Å². The summed E-state index contributed by atoms with van der Waals surface area (Å²) in [7, 11) is 3.21. The van der Waals surface area contributed by atoms with Gasteiger partial charge in [-0.2, -0.15) is 0 Å². The summed E-state index contributed by atoms with van der Waals surface area (Å²) in [6, 6.07) is 11.1. The summed E-state index contributed by atoms with van der Waals surface area (Å²) in [5, 5.41) is 9.87. The number of hydrogen-bond acceptors (Lipinski definition) is 4. The Balaban J connectivity index is 0.00000480. The molecule has 2 rings (SSSR count). The van der Waals surface area contributed by atoms with Gasteiger partial charge in [0.2, 0.25) is 5.91 Å². The highest BCUT2D eigenvalue weighted by Crippen LogP contribution is 2.27. The minimum Gasteiger partial charge on any atom is -0.493 e. The molecule has 0 atom stereocenters. The fourth-order valence-corrected chi connectivity index (χ4v) is 2.92. The highest BCUT2D eigenvalue weighted by molar-refractivity contribution is 14.0. The van der Waals surface area contributed by atoms with Crippen molar-refractivity contribution in [2.24, 2.45) is 4.99 Å². The van der Waals surface area contributed by atoms with Crippen molar-refractivity contribution in [3.63, 3.8) is 0 Å². The van der Waals surface area contributed by atoms with E-state index in [4.69, 9.17) is 21.1 Å². The van der Waals surface area contributed by atoms with Crippen molar-refractivity contribution in [2.45, 2.75) is 26.8 Å².